The number of nitrogens with two attached hydrogens (primary N) is 1. The Hall–Kier alpha value is -0.0400. The lowest BCUT2D eigenvalue weighted by Crippen LogP contribution is -2.36. The molecule has 1 rings (SSSR count). The average molecular weight is 268 g/mol. The third-order valence-electron chi connectivity index (χ3n) is 6.69. The van der Waals surface area contributed by atoms with E-state index in [9.17, 15) is 0 Å². The largest absolute Gasteiger partial charge is 0.330 e. The van der Waals surface area contributed by atoms with Crippen molar-refractivity contribution in [1.29, 1.82) is 0 Å². The normalized spacial score (nSPS) is 30.8. The molecule has 0 heterocycles. The van der Waals surface area contributed by atoms with Crippen molar-refractivity contribution >= 4 is 0 Å². The Labute approximate surface area is 121 Å². The second-order valence-corrected chi connectivity index (χ2v) is 8.39. The first-order valence-electron chi connectivity index (χ1n) is 8.32. The zero-order valence-corrected chi connectivity index (χ0v) is 14.6. The van der Waals surface area contributed by atoms with Gasteiger partial charge in [-0.3, -0.25) is 0 Å². The van der Waals surface area contributed by atoms with Crippen LogP contribution in [0.1, 0.15) is 68.2 Å². The first-order chi connectivity index (χ1) is 8.62. The van der Waals surface area contributed by atoms with Gasteiger partial charge in [-0.1, -0.05) is 68.2 Å². The first-order valence-corrected chi connectivity index (χ1v) is 8.32. The molecule has 19 heavy (non-hydrogen) atoms. The molecule has 0 saturated heterocycles. The molecule has 0 bridgehead atoms. The molecular weight excluding hydrogens is 230 g/mol. The highest BCUT2D eigenvalue weighted by atomic mass is 14.7. The van der Waals surface area contributed by atoms with Crippen molar-refractivity contribution in [3.8, 4) is 0 Å². The number of hydrogen-bond acceptors (Lipinski definition) is 1. The molecule has 1 aliphatic carbocycles. The zero-order valence-electron chi connectivity index (χ0n) is 14.6. The smallest absolute Gasteiger partial charge is 0.00463 e. The van der Waals surface area contributed by atoms with Gasteiger partial charge in [0.15, 0.2) is 0 Å². The van der Waals surface area contributed by atoms with Gasteiger partial charge in [-0.15, -0.1) is 0 Å². The second kappa shape index (κ2) is 5.76. The topological polar surface area (TPSA) is 26.0 Å². The maximum absolute atomic E-state index is 5.93. The molecule has 0 radical (unpaired) electrons. The highest BCUT2D eigenvalue weighted by molar-refractivity contribution is 5.10. The molecule has 1 nitrogen and oxygen atoms in total. The van der Waals surface area contributed by atoms with Crippen LogP contribution in [0.5, 0.6) is 0 Å². The van der Waals surface area contributed by atoms with Crippen molar-refractivity contribution in [2.75, 3.05) is 6.54 Å². The molecule has 2 N–H and O–H groups in total. The molecule has 0 aromatic heterocycles. The standard InChI is InChI=1S/C18H37N/c1-9-10-12(2)15-16(18(15,7)8)14(4)17(5,6)13(3)11-19/h12-16H,9-11,19H2,1-8H3. The van der Waals surface area contributed by atoms with Gasteiger partial charge in [0.1, 0.15) is 0 Å². The average Bonchev–Trinajstić information content (AvgIpc) is 2.90. The minimum Gasteiger partial charge on any atom is -0.330 e. The van der Waals surface area contributed by atoms with Crippen molar-refractivity contribution in [3.05, 3.63) is 0 Å². The van der Waals surface area contributed by atoms with Crippen molar-refractivity contribution in [1.82, 2.24) is 0 Å². The Morgan fingerprint density at radius 1 is 1.11 bits per heavy atom. The summed E-state index contributed by atoms with van der Waals surface area (Å²) in [5.41, 5.74) is 6.80. The van der Waals surface area contributed by atoms with Gasteiger partial charge >= 0.3 is 0 Å². The predicted octanol–water partition coefficient (Wildman–Crippen LogP) is 4.95. The molecule has 1 fully saturated rings. The quantitative estimate of drug-likeness (QED) is 0.694. The van der Waals surface area contributed by atoms with Crippen LogP contribution in [0.25, 0.3) is 0 Å². The van der Waals surface area contributed by atoms with E-state index in [1.165, 1.54) is 12.8 Å². The molecule has 5 atom stereocenters. The fraction of sp³-hybridized carbons (Fsp3) is 1.00. The summed E-state index contributed by atoms with van der Waals surface area (Å²) < 4.78 is 0. The van der Waals surface area contributed by atoms with Crippen LogP contribution in [-0.2, 0) is 0 Å². The molecule has 0 spiro atoms. The Morgan fingerprint density at radius 3 is 2.05 bits per heavy atom. The maximum Gasteiger partial charge on any atom is -0.00463 e. The minimum atomic E-state index is 0.345. The summed E-state index contributed by atoms with van der Waals surface area (Å²) in [5, 5.41) is 0. The second-order valence-electron chi connectivity index (χ2n) is 8.39. The predicted molar refractivity (Wildman–Crippen MR) is 86.0 cm³/mol. The van der Waals surface area contributed by atoms with Crippen LogP contribution in [-0.4, -0.2) is 6.54 Å². The monoisotopic (exact) mass is 267 g/mol. The van der Waals surface area contributed by atoms with Crippen LogP contribution in [0.2, 0.25) is 0 Å². The fourth-order valence-corrected chi connectivity index (χ4v) is 4.61. The zero-order chi connectivity index (χ0) is 15.0. The van der Waals surface area contributed by atoms with E-state index >= 15 is 0 Å². The van der Waals surface area contributed by atoms with Crippen molar-refractivity contribution in [2.45, 2.75) is 68.2 Å². The highest BCUT2D eigenvalue weighted by Crippen LogP contribution is 2.68. The molecule has 1 saturated carbocycles. The summed E-state index contributed by atoms with van der Waals surface area (Å²) in [5.74, 6) is 4.01. The summed E-state index contributed by atoms with van der Waals surface area (Å²) in [6.45, 7) is 20.2. The van der Waals surface area contributed by atoms with E-state index in [0.29, 0.717) is 16.7 Å². The number of rotatable bonds is 7. The Kier molecular flexibility index (Phi) is 5.15. The summed E-state index contributed by atoms with van der Waals surface area (Å²) >= 11 is 0. The van der Waals surface area contributed by atoms with Crippen LogP contribution < -0.4 is 5.73 Å². The van der Waals surface area contributed by atoms with Gasteiger partial charge in [0.2, 0.25) is 0 Å². The summed E-state index contributed by atoms with van der Waals surface area (Å²) in [4.78, 5) is 0. The first kappa shape index (κ1) is 17.0. The van der Waals surface area contributed by atoms with E-state index in [-0.39, 0.29) is 0 Å². The van der Waals surface area contributed by atoms with Gasteiger partial charge in [-0.2, -0.15) is 0 Å². The van der Waals surface area contributed by atoms with E-state index in [4.69, 9.17) is 5.73 Å². The van der Waals surface area contributed by atoms with Crippen LogP contribution in [0, 0.1) is 40.4 Å². The molecule has 0 aromatic rings. The molecule has 1 aliphatic rings. The van der Waals surface area contributed by atoms with Gasteiger partial charge in [-0.25, -0.2) is 0 Å². The van der Waals surface area contributed by atoms with Gasteiger partial charge in [0, 0.05) is 0 Å². The van der Waals surface area contributed by atoms with Crippen LogP contribution in [0.4, 0.5) is 0 Å². The third kappa shape index (κ3) is 3.01. The highest BCUT2D eigenvalue weighted by Gasteiger charge is 2.63. The molecule has 5 unspecified atom stereocenters. The van der Waals surface area contributed by atoms with Gasteiger partial charge in [0.05, 0.1) is 0 Å². The lowest BCUT2D eigenvalue weighted by molar-refractivity contribution is 0.111. The molecule has 0 aromatic carbocycles. The van der Waals surface area contributed by atoms with E-state index in [1.807, 2.05) is 0 Å². The van der Waals surface area contributed by atoms with E-state index in [1.54, 1.807) is 0 Å². The summed E-state index contributed by atoms with van der Waals surface area (Å²) in [6.07, 6.45) is 2.70. The SMILES string of the molecule is CCCC(C)C1C(C(C)C(C)(C)C(C)CN)C1(C)C. The lowest BCUT2D eigenvalue weighted by atomic mass is 9.67. The molecule has 114 valence electrons. The summed E-state index contributed by atoms with van der Waals surface area (Å²) in [7, 11) is 0. The Morgan fingerprint density at radius 2 is 1.63 bits per heavy atom. The fourth-order valence-electron chi connectivity index (χ4n) is 4.61. The Bertz CT molecular complexity index is 292. The van der Waals surface area contributed by atoms with Crippen LogP contribution >= 0.6 is 0 Å². The van der Waals surface area contributed by atoms with Crippen LogP contribution in [0.3, 0.4) is 0 Å². The van der Waals surface area contributed by atoms with Crippen molar-refractivity contribution < 1.29 is 0 Å². The van der Waals surface area contributed by atoms with Crippen molar-refractivity contribution in [2.24, 2.45) is 46.2 Å². The maximum atomic E-state index is 5.93. The summed E-state index contributed by atoms with van der Waals surface area (Å²) in [6, 6.07) is 0. The van der Waals surface area contributed by atoms with Crippen molar-refractivity contribution in [3.63, 3.8) is 0 Å². The molecular formula is C18H37N. The number of hydrogen-bond donors (Lipinski definition) is 1. The van der Waals surface area contributed by atoms with E-state index < -0.39 is 0 Å². The van der Waals surface area contributed by atoms with Crippen LogP contribution in [0.15, 0.2) is 0 Å². The Balaban J connectivity index is 2.81. The third-order valence-corrected chi connectivity index (χ3v) is 6.69. The molecule has 0 amide bonds. The van der Waals surface area contributed by atoms with Gasteiger partial charge in [-0.05, 0) is 47.0 Å². The van der Waals surface area contributed by atoms with E-state index in [2.05, 4.69) is 55.4 Å². The lowest BCUT2D eigenvalue weighted by Gasteiger charge is -2.38. The molecule has 0 aliphatic heterocycles. The van der Waals surface area contributed by atoms with E-state index in [0.717, 1.165) is 30.2 Å². The van der Waals surface area contributed by atoms with Gasteiger partial charge in [0.25, 0.3) is 0 Å². The molecule has 1 heteroatoms. The minimum absolute atomic E-state index is 0.345. The van der Waals surface area contributed by atoms with Gasteiger partial charge < -0.3 is 5.73 Å².